The van der Waals surface area contributed by atoms with E-state index in [2.05, 4.69) is 0 Å². The quantitative estimate of drug-likeness (QED) is 0.925. The SMILES string of the molecule is O=C(O)c1ccc(N2CC(Oc3ccc(C(F)(F)F)cc3)C2)cc1. The van der Waals surface area contributed by atoms with Crippen LogP contribution in [-0.4, -0.2) is 30.3 Å². The third-order valence-corrected chi connectivity index (χ3v) is 3.81. The fourth-order valence-electron chi connectivity index (χ4n) is 2.45. The molecule has 0 spiro atoms. The standard InChI is InChI=1S/C17H14F3NO3/c18-17(19,20)12-3-7-14(8-4-12)24-15-9-21(10-15)13-5-1-11(2-6-13)16(22)23/h1-8,15H,9-10H2,(H,22,23). The molecule has 0 bridgehead atoms. The topological polar surface area (TPSA) is 49.8 Å². The zero-order valence-electron chi connectivity index (χ0n) is 12.5. The van der Waals surface area contributed by atoms with E-state index in [4.69, 9.17) is 9.84 Å². The Morgan fingerprint density at radius 1 is 1.04 bits per heavy atom. The second-order valence-corrected chi connectivity index (χ2v) is 5.52. The molecule has 0 saturated carbocycles. The Hall–Kier alpha value is -2.70. The summed E-state index contributed by atoms with van der Waals surface area (Å²) in [5.41, 5.74) is 0.396. The predicted molar refractivity (Wildman–Crippen MR) is 81.5 cm³/mol. The highest BCUT2D eigenvalue weighted by Gasteiger charge is 2.31. The molecule has 7 heteroatoms. The van der Waals surface area contributed by atoms with Crippen molar-refractivity contribution >= 4 is 11.7 Å². The first kappa shape index (κ1) is 16.2. The lowest BCUT2D eigenvalue weighted by Crippen LogP contribution is -2.54. The molecule has 126 valence electrons. The maximum Gasteiger partial charge on any atom is 0.416 e. The lowest BCUT2D eigenvalue weighted by atomic mass is 10.1. The van der Waals surface area contributed by atoms with E-state index in [1.54, 1.807) is 12.1 Å². The third kappa shape index (κ3) is 3.45. The van der Waals surface area contributed by atoms with E-state index < -0.39 is 17.7 Å². The Balaban J connectivity index is 1.54. The number of aromatic carboxylic acids is 1. The van der Waals surface area contributed by atoms with Crippen molar-refractivity contribution in [2.24, 2.45) is 0 Å². The molecule has 0 radical (unpaired) electrons. The molecule has 2 aromatic rings. The van der Waals surface area contributed by atoms with Gasteiger partial charge < -0.3 is 14.7 Å². The molecule has 1 saturated heterocycles. The minimum absolute atomic E-state index is 0.110. The zero-order valence-corrected chi connectivity index (χ0v) is 12.5. The van der Waals surface area contributed by atoms with Crippen LogP contribution in [0, 0.1) is 0 Å². The second kappa shape index (κ2) is 6.07. The Morgan fingerprint density at radius 2 is 1.62 bits per heavy atom. The summed E-state index contributed by atoms with van der Waals surface area (Å²) in [6.45, 7) is 1.18. The van der Waals surface area contributed by atoms with Crippen molar-refractivity contribution in [2.45, 2.75) is 12.3 Å². The van der Waals surface area contributed by atoms with Crippen LogP contribution >= 0.6 is 0 Å². The molecule has 0 aromatic heterocycles. The van der Waals surface area contributed by atoms with Crippen molar-refractivity contribution in [2.75, 3.05) is 18.0 Å². The van der Waals surface area contributed by atoms with Crippen molar-refractivity contribution in [1.82, 2.24) is 0 Å². The van der Waals surface area contributed by atoms with Crippen molar-refractivity contribution in [3.05, 3.63) is 59.7 Å². The number of halogens is 3. The highest BCUT2D eigenvalue weighted by atomic mass is 19.4. The number of alkyl halides is 3. The molecule has 2 aromatic carbocycles. The minimum Gasteiger partial charge on any atom is -0.487 e. The molecule has 0 unspecified atom stereocenters. The summed E-state index contributed by atoms with van der Waals surface area (Å²) in [5.74, 6) is -0.581. The van der Waals surface area contributed by atoms with Crippen LogP contribution in [0.15, 0.2) is 48.5 Å². The van der Waals surface area contributed by atoms with Crippen LogP contribution in [-0.2, 0) is 6.18 Å². The number of hydrogen-bond donors (Lipinski definition) is 1. The first-order chi connectivity index (χ1) is 11.3. The molecule has 24 heavy (non-hydrogen) atoms. The summed E-state index contributed by atoms with van der Waals surface area (Å²) in [5, 5.41) is 8.86. The van der Waals surface area contributed by atoms with Gasteiger partial charge in [0.1, 0.15) is 11.9 Å². The lowest BCUT2D eigenvalue weighted by Gasteiger charge is -2.40. The minimum atomic E-state index is -4.35. The second-order valence-electron chi connectivity index (χ2n) is 5.52. The summed E-state index contributed by atoms with van der Waals surface area (Å²) < 4.78 is 43.1. The highest BCUT2D eigenvalue weighted by molar-refractivity contribution is 5.88. The van der Waals surface area contributed by atoms with Crippen molar-refractivity contribution < 1.29 is 27.8 Å². The number of nitrogens with zero attached hydrogens (tertiary/aromatic N) is 1. The van der Waals surface area contributed by atoms with Gasteiger partial charge in [-0.15, -0.1) is 0 Å². The summed E-state index contributed by atoms with van der Waals surface area (Å²) in [6.07, 6.45) is -4.46. The number of benzene rings is 2. The average molecular weight is 337 g/mol. The molecule has 0 aliphatic carbocycles. The molecule has 3 rings (SSSR count). The van der Waals surface area contributed by atoms with Crippen LogP contribution in [0.3, 0.4) is 0 Å². The summed E-state index contributed by atoms with van der Waals surface area (Å²) in [4.78, 5) is 12.8. The van der Waals surface area contributed by atoms with Gasteiger partial charge in [0.05, 0.1) is 24.2 Å². The summed E-state index contributed by atoms with van der Waals surface area (Å²) in [7, 11) is 0. The molecular formula is C17H14F3NO3. The molecule has 4 nitrogen and oxygen atoms in total. The number of anilines is 1. The van der Waals surface area contributed by atoms with Gasteiger partial charge in [-0.1, -0.05) is 0 Å². The first-order valence-electron chi connectivity index (χ1n) is 7.25. The van der Waals surface area contributed by atoms with Gasteiger partial charge in [0.2, 0.25) is 0 Å². The van der Waals surface area contributed by atoms with Crippen LogP contribution in [0.1, 0.15) is 15.9 Å². The van der Waals surface area contributed by atoms with Crippen molar-refractivity contribution in [3.8, 4) is 5.75 Å². The first-order valence-corrected chi connectivity index (χ1v) is 7.25. The van der Waals surface area contributed by atoms with Crippen LogP contribution in [0.2, 0.25) is 0 Å². The summed E-state index contributed by atoms with van der Waals surface area (Å²) in [6, 6.07) is 11.1. The molecule has 0 atom stereocenters. The van der Waals surface area contributed by atoms with E-state index >= 15 is 0 Å². The number of rotatable bonds is 4. The molecule has 0 amide bonds. The largest absolute Gasteiger partial charge is 0.487 e. The molecule has 1 aliphatic heterocycles. The molecular weight excluding hydrogens is 323 g/mol. The molecule has 1 N–H and O–H groups in total. The van der Waals surface area contributed by atoms with Crippen LogP contribution in [0.4, 0.5) is 18.9 Å². The number of carboxylic acid groups (broad SMARTS) is 1. The predicted octanol–water partition coefficient (Wildman–Crippen LogP) is 3.67. The van der Waals surface area contributed by atoms with Gasteiger partial charge in [-0.3, -0.25) is 0 Å². The monoisotopic (exact) mass is 337 g/mol. The Labute approximate surface area is 136 Å². The van der Waals surface area contributed by atoms with Gasteiger partial charge in [-0.25, -0.2) is 4.79 Å². The van der Waals surface area contributed by atoms with Crippen LogP contribution in [0.5, 0.6) is 5.75 Å². The summed E-state index contributed by atoms with van der Waals surface area (Å²) >= 11 is 0. The van der Waals surface area contributed by atoms with E-state index in [0.717, 1.165) is 17.8 Å². The maximum absolute atomic E-state index is 12.5. The fraction of sp³-hybridized carbons (Fsp3) is 0.235. The lowest BCUT2D eigenvalue weighted by molar-refractivity contribution is -0.137. The molecule has 1 heterocycles. The van der Waals surface area contributed by atoms with E-state index in [1.807, 2.05) is 4.90 Å². The molecule has 1 fully saturated rings. The van der Waals surface area contributed by atoms with Crippen molar-refractivity contribution in [1.29, 1.82) is 0 Å². The van der Waals surface area contributed by atoms with Gasteiger partial charge in [-0.05, 0) is 48.5 Å². The van der Waals surface area contributed by atoms with Crippen molar-refractivity contribution in [3.63, 3.8) is 0 Å². The number of carboxylic acids is 1. The van der Waals surface area contributed by atoms with Crippen LogP contribution < -0.4 is 9.64 Å². The van der Waals surface area contributed by atoms with Gasteiger partial charge in [0.25, 0.3) is 0 Å². The Morgan fingerprint density at radius 3 is 2.12 bits per heavy atom. The molecule has 1 aliphatic rings. The number of carbonyl (C=O) groups is 1. The van der Waals surface area contributed by atoms with E-state index in [-0.39, 0.29) is 11.7 Å². The van der Waals surface area contributed by atoms with E-state index in [0.29, 0.717) is 18.8 Å². The van der Waals surface area contributed by atoms with Gasteiger partial charge in [-0.2, -0.15) is 13.2 Å². The highest BCUT2D eigenvalue weighted by Crippen LogP contribution is 2.31. The maximum atomic E-state index is 12.5. The number of hydrogen-bond acceptors (Lipinski definition) is 3. The van der Waals surface area contributed by atoms with E-state index in [1.165, 1.54) is 24.3 Å². The van der Waals surface area contributed by atoms with E-state index in [9.17, 15) is 18.0 Å². The van der Waals surface area contributed by atoms with Gasteiger partial charge in [0.15, 0.2) is 0 Å². The Kier molecular flexibility index (Phi) is 4.09. The third-order valence-electron chi connectivity index (χ3n) is 3.81. The van der Waals surface area contributed by atoms with Crippen LogP contribution in [0.25, 0.3) is 0 Å². The fourth-order valence-corrected chi connectivity index (χ4v) is 2.45. The normalized spacial score (nSPS) is 15.0. The smallest absolute Gasteiger partial charge is 0.416 e. The van der Waals surface area contributed by atoms with Gasteiger partial charge in [0, 0.05) is 5.69 Å². The average Bonchev–Trinajstić information content (AvgIpc) is 2.50. The number of ether oxygens (including phenoxy) is 1. The Bertz CT molecular complexity index is 720. The van der Waals surface area contributed by atoms with Gasteiger partial charge >= 0.3 is 12.1 Å². The zero-order chi connectivity index (χ0) is 17.3.